The lowest BCUT2D eigenvalue weighted by Crippen LogP contribution is -2.21. The molecule has 1 aromatic carbocycles. The predicted molar refractivity (Wildman–Crippen MR) is 75.6 cm³/mol. The van der Waals surface area contributed by atoms with Crippen LogP contribution in [0.1, 0.15) is 52.7 Å². The zero-order valence-corrected chi connectivity index (χ0v) is 12.4. The summed E-state index contributed by atoms with van der Waals surface area (Å²) >= 11 is 4.64. The van der Waals surface area contributed by atoms with Gasteiger partial charge in [-0.05, 0) is 22.0 Å². The van der Waals surface area contributed by atoms with Crippen LogP contribution in [0.5, 0.6) is 0 Å². The number of hydrogen-bond donors (Lipinski definition) is 0. The number of benzene rings is 1. The van der Waals surface area contributed by atoms with E-state index in [0.29, 0.717) is 0 Å². The van der Waals surface area contributed by atoms with Crippen molar-refractivity contribution in [2.24, 2.45) is 0 Å². The molecule has 0 aliphatic rings. The van der Waals surface area contributed by atoms with E-state index in [1.807, 2.05) is 0 Å². The van der Waals surface area contributed by atoms with Crippen molar-refractivity contribution in [2.75, 3.05) is 6.38 Å². The van der Waals surface area contributed by atoms with Crippen molar-refractivity contribution in [3.8, 4) is 0 Å². The Morgan fingerprint density at radius 2 is 0.938 bits per heavy atom. The van der Waals surface area contributed by atoms with Gasteiger partial charge in [0.1, 0.15) is 0 Å². The summed E-state index contributed by atoms with van der Waals surface area (Å²) in [5.74, 6) is 0. The summed E-state index contributed by atoms with van der Waals surface area (Å²) in [6, 6.07) is 8.77. The molecule has 16 heavy (non-hydrogen) atoms. The molecule has 92 valence electrons. The third kappa shape index (κ3) is 4.17. The Morgan fingerprint density at radius 1 is 0.688 bits per heavy atom. The highest BCUT2D eigenvalue weighted by molar-refractivity contribution is 6.15. The van der Waals surface area contributed by atoms with Gasteiger partial charge in [0.15, 0.2) is 0 Å². The highest BCUT2D eigenvalue weighted by Crippen LogP contribution is 2.33. The van der Waals surface area contributed by atoms with Gasteiger partial charge >= 0.3 is 0 Å². The van der Waals surface area contributed by atoms with Crippen molar-refractivity contribution in [3.63, 3.8) is 0 Å². The third-order valence-corrected chi connectivity index (χ3v) is 2.54. The van der Waals surface area contributed by atoms with Gasteiger partial charge in [0.05, 0.1) is 0 Å². The van der Waals surface area contributed by atoms with Gasteiger partial charge in [-0.3, -0.25) is 0 Å². The van der Waals surface area contributed by atoms with E-state index in [1.54, 1.807) is 0 Å². The quantitative estimate of drug-likeness (QED) is 0.551. The lowest BCUT2D eigenvalue weighted by Gasteiger charge is -2.29. The van der Waals surface area contributed by atoms with Crippen molar-refractivity contribution in [1.29, 1.82) is 0 Å². The molecule has 0 N–H and O–H groups in total. The predicted octanol–water partition coefficient (Wildman–Crippen LogP) is 5.14. The van der Waals surface area contributed by atoms with E-state index in [-0.39, 0.29) is 10.8 Å². The Bertz CT molecular complexity index is 280. The van der Waals surface area contributed by atoms with Crippen LogP contribution in [0.15, 0.2) is 24.3 Å². The smallest absolute Gasteiger partial charge is 0.0108 e. The summed E-state index contributed by atoms with van der Waals surface area (Å²) in [5, 5.41) is 0. The van der Waals surface area contributed by atoms with Gasteiger partial charge in [-0.1, -0.05) is 65.8 Å². The molecule has 0 saturated carbocycles. The largest absolute Gasteiger partial charge is 0.130 e. The minimum absolute atomic E-state index is 0.240. The summed E-state index contributed by atoms with van der Waals surface area (Å²) in [6.45, 7) is 13.7. The van der Waals surface area contributed by atoms with Crippen LogP contribution < -0.4 is 0 Å². The number of hydrogen-bond acceptors (Lipinski definition) is 0. The van der Waals surface area contributed by atoms with Crippen molar-refractivity contribution in [3.05, 3.63) is 35.4 Å². The minimum Gasteiger partial charge on any atom is -0.130 e. The highest BCUT2D eigenvalue weighted by atomic mass is 35.5. The van der Waals surface area contributed by atoms with Crippen LogP contribution in [0, 0.1) is 0 Å². The molecule has 1 aromatic rings. The molecule has 0 saturated heterocycles. The first-order valence-corrected chi connectivity index (χ1v) is 6.46. The number of alkyl halides is 1. The second-order valence-electron chi connectivity index (χ2n) is 6.05. The van der Waals surface area contributed by atoms with E-state index in [4.69, 9.17) is 0 Å². The Labute approximate surface area is 106 Å². The fourth-order valence-corrected chi connectivity index (χ4v) is 1.79. The van der Waals surface area contributed by atoms with Crippen molar-refractivity contribution in [2.45, 2.75) is 52.4 Å². The zero-order chi connectivity index (χ0) is 13.0. The first-order valence-electron chi connectivity index (χ1n) is 5.71. The molecular formula is C15H25Cl. The molecule has 0 radical (unpaired) electrons. The minimum atomic E-state index is 0.240. The first-order chi connectivity index (χ1) is 7.23. The second-order valence-corrected chi connectivity index (χ2v) is 6.05. The molecule has 0 heterocycles. The van der Waals surface area contributed by atoms with E-state index < -0.39 is 0 Å². The van der Waals surface area contributed by atoms with Gasteiger partial charge in [0.2, 0.25) is 0 Å². The van der Waals surface area contributed by atoms with Crippen LogP contribution in [0.2, 0.25) is 0 Å². The Kier molecular flexibility index (Phi) is 5.55. The van der Waals surface area contributed by atoms with Gasteiger partial charge in [-0.15, -0.1) is 11.6 Å². The molecule has 0 aromatic heterocycles. The van der Waals surface area contributed by atoms with E-state index in [2.05, 4.69) is 77.4 Å². The molecule has 0 aliphatic carbocycles. The van der Waals surface area contributed by atoms with Crippen LogP contribution in [-0.2, 0) is 10.8 Å². The molecule has 0 nitrogen and oxygen atoms in total. The molecule has 0 aliphatic heterocycles. The Morgan fingerprint density at radius 3 is 1.12 bits per heavy atom. The Hall–Kier alpha value is -0.490. The van der Waals surface area contributed by atoms with E-state index in [9.17, 15) is 0 Å². The maximum atomic E-state index is 4.64. The second kappa shape index (κ2) is 5.72. The molecule has 0 unspecified atom stereocenters. The first kappa shape index (κ1) is 15.5. The SMILES string of the molecule is CC(C)(C)c1ccccc1C(C)(C)C.CCl. The van der Waals surface area contributed by atoms with Gasteiger partial charge in [0.25, 0.3) is 0 Å². The van der Waals surface area contributed by atoms with Crippen molar-refractivity contribution >= 4 is 11.6 Å². The topological polar surface area (TPSA) is 0 Å². The number of halogens is 1. The van der Waals surface area contributed by atoms with E-state index in [1.165, 1.54) is 17.5 Å². The molecule has 1 heteroatoms. The standard InChI is InChI=1S/C14H22.CH3Cl/c1-13(2,3)11-9-7-8-10-12(11)14(4,5)6;1-2/h7-10H,1-6H3;1H3. The normalized spacial score (nSPS) is 11.8. The molecule has 0 fully saturated rings. The maximum Gasteiger partial charge on any atom is 0.0108 e. The third-order valence-electron chi connectivity index (χ3n) is 2.54. The molecule has 0 spiro atoms. The van der Waals surface area contributed by atoms with Crippen LogP contribution >= 0.6 is 11.6 Å². The fourth-order valence-electron chi connectivity index (χ4n) is 1.79. The van der Waals surface area contributed by atoms with Gasteiger partial charge in [-0.2, -0.15) is 0 Å². The van der Waals surface area contributed by atoms with E-state index in [0.717, 1.165) is 0 Å². The highest BCUT2D eigenvalue weighted by Gasteiger charge is 2.23. The lowest BCUT2D eigenvalue weighted by molar-refractivity contribution is 0.530. The van der Waals surface area contributed by atoms with Crippen LogP contribution in [0.4, 0.5) is 0 Å². The van der Waals surface area contributed by atoms with Crippen molar-refractivity contribution in [1.82, 2.24) is 0 Å². The summed E-state index contributed by atoms with van der Waals surface area (Å²) in [5.41, 5.74) is 3.41. The molecule has 0 amide bonds. The molecule has 1 rings (SSSR count). The maximum absolute atomic E-state index is 4.64. The molecule has 0 bridgehead atoms. The zero-order valence-electron chi connectivity index (χ0n) is 11.7. The number of rotatable bonds is 0. The summed E-state index contributed by atoms with van der Waals surface area (Å²) in [4.78, 5) is 0. The average Bonchev–Trinajstić information content (AvgIpc) is 2.18. The summed E-state index contributed by atoms with van der Waals surface area (Å²) in [7, 11) is 0. The summed E-state index contributed by atoms with van der Waals surface area (Å²) < 4.78 is 0. The molecular weight excluding hydrogens is 216 g/mol. The monoisotopic (exact) mass is 240 g/mol. The fraction of sp³-hybridized carbons (Fsp3) is 0.600. The van der Waals surface area contributed by atoms with Crippen LogP contribution in [-0.4, -0.2) is 6.38 Å². The molecule has 0 atom stereocenters. The van der Waals surface area contributed by atoms with Crippen LogP contribution in [0.25, 0.3) is 0 Å². The Balaban J connectivity index is 0.00000106. The van der Waals surface area contributed by atoms with Gasteiger partial charge in [-0.25, -0.2) is 0 Å². The lowest BCUT2D eigenvalue weighted by atomic mass is 9.75. The van der Waals surface area contributed by atoms with Crippen molar-refractivity contribution < 1.29 is 0 Å². The van der Waals surface area contributed by atoms with E-state index >= 15 is 0 Å². The van der Waals surface area contributed by atoms with Crippen LogP contribution in [0.3, 0.4) is 0 Å². The van der Waals surface area contributed by atoms with Gasteiger partial charge in [0, 0.05) is 6.38 Å². The summed E-state index contributed by atoms with van der Waals surface area (Å²) in [6.07, 6.45) is 1.47. The van der Waals surface area contributed by atoms with Gasteiger partial charge < -0.3 is 0 Å². The average molecular weight is 241 g/mol.